The second-order valence-corrected chi connectivity index (χ2v) is 3.93. The summed E-state index contributed by atoms with van der Waals surface area (Å²) >= 11 is 3.30. The molecule has 0 fully saturated rings. The Morgan fingerprint density at radius 1 is 1.50 bits per heavy atom. The zero-order valence-corrected chi connectivity index (χ0v) is 10.8. The third kappa shape index (κ3) is 3.38. The molecule has 0 aliphatic carbocycles. The third-order valence-corrected chi connectivity index (χ3v) is 2.41. The first-order chi connectivity index (χ1) is 7.69. The van der Waals surface area contributed by atoms with E-state index < -0.39 is 5.97 Å². The van der Waals surface area contributed by atoms with Crippen LogP contribution in [0, 0.1) is 0 Å². The number of methoxy groups -OCH3 is 1. The lowest BCUT2D eigenvalue weighted by Crippen LogP contribution is -2.05. The van der Waals surface area contributed by atoms with Crippen molar-refractivity contribution in [3.8, 4) is 5.75 Å². The highest BCUT2D eigenvalue weighted by molar-refractivity contribution is 9.10. The van der Waals surface area contributed by atoms with E-state index in [1.807, 2.05) is 25.1 Å². The second kappa shape index (κ2) is 6.33. The summed E-state index contributed by atoms with van der Waals surface area (Å²) in [5.41, 5.74) is 0.418. The topological polar surface area (TPSA) is 35.5 Å². The van der Waals surface area contributed by atoms with Gasteiger partial charge in [-0.25, -0.2) is 4.79 Å². The quantitative estimate of drug-likeness (QED) is 0.629. The van der Waals surface area contributed by atoms with Gasteiger partial charge in [0.15, 0.2) is 0 Å². The molecule has 16 heavy (non-hydrogen) atoms. The molecule has 1 aromatic carbocycles. The van der Waals surface area contributed by atoms with Crippen molar-refractivity contribution in [2.75, 3.05) is 13.7 Å². The summed E-state index contributed by atoms with van der Waals surface area (Å²) in [6, 6.07) is 5.23. The number of esters is 1. The van der Waals surface area contributed by atoms with Gasteiger partial charge in [-0.3, -0.25) is 0 Å². The highest BCUT2D eigenvalue weighted by Crippen LogP contribution is 2.23. The van der Waals surface area contributed by atoms with Crippen molar-refractivity contribution in [1.29, 1.82) is 0 Å². The fourth-order valence-electron chi connectivity index (χ4n) is 1.13. The molecule has 4 heteroatoms. The van der Waals surface area contributed by atoms with Crippen LogP contribution in [0.4, 0.5) is 0 Å². The summed E-state index contributed by atoms with van der Waals surface area (Å²) in [5.74, 6) is 0.116. The molecular weight excluding hydrogens is 272 g/mol. The van der Waals surface area contributed by atoms with Gasteiger partial charge in [0.25, 0.3) is 0 Å². The van der Waals surface area contributed by atoms with Gasteiger partial charge in [0.2, 0.25) is 0 Å². The van der Waals surface area contributed by atoms with Gasteiger partial charge in [0.1, 0.15) is 17.9 Å². The summed E-state index contributed by atoms with van der Waals surface area (Å²) in [5, 5.41) is 0. The Morgan fingerprint density at radius 2 is 2.25 bits per heavy atom. The number of hydrogen-bond donors (Lipinski definition) is 0. The Kier molecular flexibility index (Phi) is 5.05. The van der Waals surface area contributed by atoms with Crippen LogP contribution < -0.4 is 4.74 Å². The fourth-order valence-corrected chi connectivity index (χ4v) is 1.49. The molecule has 0 N–H and O–H groups in total. The predicted molar refractivity (Wildman–Crippen MR) is 65.8 cm³/mol. The highest BCUT2D eigenvalue weighted by atomic mass is 79.9. The molecule has 0 saturated carbocycles. The van der Waals surface area contributed by atoms with Gasteiger partial charge in [-0.1, -0.05) is 28.1 Å². The van der Waals surface area contributed by atoms with E-state index >= 15 is 0 Å². The molecule has 3 nitrogen and oxygen atoms in total. The van der Waals surface area contributed by atoms with Crippen molar-refractivity contribution >= 4 is 21.9 Å². The van der Waals surface area contributed by atoms with E-state index in [1.54, 1.807) is 12.1 Å². The van der Waals surface area contributed by atoms with Crippen LogP contribution in [0.3, 0.4) is 0 Å². The Morgan fingerprint density at radius 3 is 2.88 bits per heavy atom. The molecule has 0 heterocycles. The van der Waals surface area contributed by atoms with Crippen LogP contribution in [0.25, 0.3) is 0 Å². The minimum atomic E-state index is -0.406. The largest absolute Gasteiger partial charge is 0.489 e. The van der Waals surface area contributed by atoms with Crippen LogP contribution in [-0.2, 0) is 4.74 Å². The van der Waals surface area contributed by atoms with Crippen molar-refractivity contribution in [1.82, 2.24) is 0 Å². The SMILES string of the molecule is C/C=C/COc1ccc(Br)cc1C(=O)OC. The second-order valence-electron chi connectivity index (χ2n) is 3.01. The third-order valence-electron chi connectivity index (χ3n) is 1.92. The van der Waals surface area contributed by atoms with Gasteiger partial charge in [0, 0.05) is 4.47 Å². The maximum absolute atomic E-state index is 11.5. The molecular formula is C12H13BrO3. The minimum absolute atomic E-state index is 0.406. The van der Waals surface area contributed by atoms with Gasteiger partial charge in [0.05, 0.1) is 7.11 Å². The van der Waals surface area contributed by atoms with Crippen molar-refractivity contribution < 1.29 is 14.3 Å². The summed E-state index contributed by atoms with van der Waals surface area (Å²) < 4.78 is 10.9. The maximum atomic E-state index is 11.5. The number of ether oxygens (including phenoxy) is 2. The van der Waals surface area contributed by atoms with Crippen molar-refractivity contribution in [2.45, 2.75) is 6.92 Å². The Bertz CT molecular complexity index is 399. The maximum Gasteiger partial charge on any atom is 0.341 e. The summed E-state index contributed by atoms with van der Waals surface area (Å²) in [6.45, 7) is 2.34. The Balaban J connectivity index is 2.93. The van der Waals surface area contributed by atoms with E-state index in [9.17, 15) is 4.79 Å². The molecule has 0 atom stereocenters. The molecule has 86 valence electrons. The molecule has 1 aromatic rings. The first-order valence-corrected chi connectivity index (χ1v) is 5.60. The molecule has 0 aliphatic heterocycles. The number of rotatable bonds is 4. The van der Waals surface area contributed by atoms with E-state index in [0.717, 1.165) is 4.47 Å². The predicted octanol–water partition coefficient (Wildman–Crippen LogP) is 3.19. The lowest BCUT2D eigenvalue weighted by atomic mass is 10.2. The number of hydrogen-bond acceptors (Lipinski definition) is 3. The van der Waals surface area contributed by atoms with Crippen molar-refractivity contribution in [2.24, 2.45) is 0 Å². The molecule has 0 unspecified atom stereocenters. The molecule has 0 radical (unpaired) electrons. The highest BCUT2D eigenvalue weighted by Gasteiger charge is 2.13. The van der Waals surface area contributed by atoms with Crippen LogP contribution in [0.15, 0.2) is 34.8 Å². The number of carbonyl (C=O) groups is 1. The van der Waals surface area contributed by atoms with Gasteiger partial charge >= 0.3 is 5.97 Å². The molecule has 0 aromatic heterocycles. The molecule has 0 saturated heterocycles. The Labute approximate surface area is 103 Å². The van der Waals surface area contributed by atoms with Gasteiger partial charge < -0.3 is 9.47 Å². The molecule has 0 bridgehead atoms. The van der Waals surface area contributed by atoms with E-state index in [0.29, 0.717) is 17.9 Å². The number of halogens is 1. The average Bonchev–Trinajstić information content (AvgIpc) is 2.30. The van der Waals surface area contributed by atoms with Crippen molar-refractivity contribution in [3.05, 3.63) is 40.4 Å². The minimum Gasteiger partial charge on any atom is -0.489 e. The van der Waals surface area contributed by atoms with Crippen LogP contribution in [-0.4, -0.2) is 19.7 Å². The molecule has 1 rings (SSSR count). The molecule has 0 spiro atoms. The zero-order chi connectivity index (χ0) is 12.0. The Hall–Kier alpha value is -1.29. The van der Waals surface area contributed by atoms with Crippen LogP contribution in [0.2, 0.25) is 0 Å². The summed E-state index contributed by atoms with van der Waals surface area (Å²) in [7, 11) is 1.35. The smallest absolute Gasteiger partial charge is 0.341 e. The van der Waals surface area contributed by atoms with Gasteiger partial charge in [-0.15, -0.1) is 0 Å². The number of carbonyl (C=O) groups excluding carboxylic acids is 1. The summed E-state index contributed by atoms with van der Waals surface area (Å²) in [4.78, 5) is 11.5. The average molecular weight is 285 g/mol. The number of allylic oxidation sites excluding steroid dienone is 1. The normalized spacial score (nSPS) is 10.4. The lowest BCUT2D eigenvalue weighted by Gasteiger charge is -2.08. The van der Waals surface area contributed by atoms with Gasteiger partial charge in [-0.05, 0) is 25.1 Å². The first-order valence-electron chi connectivity index (χ1n) is 4.81. The van der Waals surface area contributed by atoms with E-state index in [1.165, 1.54) is 7.11 Å². The molecule has 0 aliphatic rings. The van der Waals surface area contributed by atoms with Crippen LogP contribution >= 0.6 is 15.9 Å². The van der Waals surface area contributed by atoms with E-state index in [2.05, 4.69) is 20.7 Å². The van der Waals surface area contributed by atoms with Crippen LogP contribution in [0.5, 0.6) is 5.75 Å². The van der Waals surface area contributed by atoms with Gasteiger partial charge in [-0.2, -0.15) is 0 Å². The summed E-state index contributed by atoms with van der Waals surface area (Å²) in [6.07, 6.45) is 3.75. The lowest BCUT2D eigenvalue weighted by molar-refractivity contribution is 0.0596. The van der Waals surface area contributed by atoms with Crippen molar-refractivity contribution in [3.63, 3.8) is 0 Å². The first kappa shape index (κ1) is 12.8. The van der Waals surface area contributed by atoms with Crippen LogP contribution in [0.1, 0.15) is 17.3 Å². The number of benzene rings is 1. The van der Waals surface area contributed by atoms with E-state index in [4.69, 9.17) is 4.74 Å². The standard InChI is InChI=1S/C12H13BrO3/c1-3-4-7-16-11-6-5-9(13)8-10(11)12(14)15-2/h3-6,8H,7H2,1-2H3/b4-3+. The van der Waals surface area contributed by atoms with E-state index in [-0.39, 0.29) is 0 Å². The monoisotopic (exact) mass is 284 g/mol. The molecule has 0 amide bonds. The fraction of sp³-hybridized carbons (Fsp3) is 0.250. The zero-order valence-electron chi connectivity index (χ0n) is 9.20.